The number of furan rings is 1. The summed E-state index contributed by atoms with van der Waals surface area (Å²) >= 11 is 1.87. The summed E-state index contributed by atoms with van der Waals surface area (Å²) in [4.78, 5) is 14.9. The molecule has 0 radical (unpaired) electrons. The van der Waals surface area contributed by atoms with Crippen molar-refractivity contribution in [3.63, 3.8) is 0 Å². The van der Waals surface area contributed by atoms with E-state index < -0.39 is 0 Å². The third-order valence-corrected chi connectivity index (χ3v) is 6.02. The van der Waals surface area contributed by atoms with Gasteiger partial charge in [0.05, 0.1) is 11.5 Å². The van der Waals surface area contributed by atoms with Gasteiger partial charge < -0.3 is 9.32 Å². The minimum Gasteiger partial charge on any atom is -0.468 e. The summed E-state index contributed by atoms with van der Waals surface area (Å²) in [7, 11) is 0. The fourth-order valence-corrected chi connectivity index (χ4v) is 4.47. The van der Waals surface area contributed by atoms with Crippen LogP contribution in [0.1, 0.15) is 27.8 Å². The Morgan fingerprint density at radius 2 is 1.69 bits per heavy atom. The third kappa shape index (κ3) is 3.70. The molecule has 0 spiro atoms. The first-order chi connectivity index (χ1) is 12.8. The first kappa shape index (κ1) is 17.0. The fraction of sp³-hybridized carbons (Fsp3) is 0.227. The lowest BCUT2D eigenvalue weighted by atomic mass is 10.0. The summed E-state index contributed by atoms with van der Waals surface area (Å²) < 4.78 is 5.54. The SMILES string of the molecule is O=C(c1ccc(-c2ccccc2)cc1)N1CCSC(c2ccco2)CC1. The van der Waals surface area contributed by atoms with E-state index in [-0.39, 0.29) is 5.91 Å². The van der Waals surface area contributed by atoms with Crippen LogP contribution in [0.2, 0.25) is 0 Å². The van der Waals surface area contributed by atoms with E-state index in [0.29, 0.717) is 5.25 Å². The normalized spacial score (nSPS) is 17.7. The molecular weight excluding hydrogens is 342 g/mol. The Hall–Kier alpha value is -2.46. The number of amides is 1. The molecule has 1 unspecified atom stereocenters. The zero-order chi connectivity index (χ0) is 17.8. The Morgan fingerprint density at radius 1 is 0.923 bits per heavy atom. The molecule has 2 aromatic carbocycles. The summed E-state index contributed by atoms with van der Waals surface area (Å²) in [6.45, 7) is 1.54. The van der Waals surface area contributed by atoms with Gasteiger partial charge in [-0.3, -0.25) is 4.79 Å². The molecule has 1 amide bonds. The van der Waals surface area contributed by atoms with Gasteiger partial charge >= 0.3 is 0 Å². The Morgan fingerprint density at radius 3 is 2.42 bits per heavy atom. The maximum Gasteiger partial charge on any atom is 0.253 e. The number of hydrogen-bond acceptors (Lipinski definition) is 3. The molecule has 0 N–H and O–H groups in total. The standard InChI is InChI=1S/C22H21NO2S/c24-22(19-10-8-18(9-11-19)17-5-2-1-3-6-17)23-13-12-21(26-16-14-23)20-7-4-15-25-20/h1-11,15,21H,12-14,16H2. The van der Waals surface area contributed by atoms with Crippen LogP contribution >= 0.6 is 11.8 Å². The summed E-state index contributed by atoms with van der Waals surface area (Å²) in [6.07, 6.45) is 2.64. The Kier molecular flexibility index (Phi) is 5.12. The van der Waals surface area contributed by atoms with Crippen molar-refractivity contribution in [3.8, 4) is 11.1 Å². The van der Waals surface area contributed by atoms with Crippen molar-refractivity contribution in [2.75, 3.05) is 18.8 Å². The van der Waals surface area contributed by atoms with E-state index in [2.05, 4.69) is 12.1 Å². The van der Waals surface area contributed by atoms with E-state index in [4.69, 9.17) is 4.42 Å². The highest BCUT2D eigenvalue weighted by Gasteiger charge is 2.24. The van der Waals surface area contributed by atoms with E-state index in [1.807, 2.05) is 71.3 Å². The van der Waals surface area contributed by atoms with Crippen LogP contribution in [-0.2, 0) is 0 Å². The van der Waals surface area contributed by atoms with Crippen LogP contribution in [0.15, 0.2) is 77.4 Å². The van der Waals surface area contributed by atoms with Gasteiger partial charge in [-0.05, 0) is 41.8 Å². The number of benzene rings is 2. The molecular formula is C22H21NO2S. The monoisotopic (exact) mass is 363 g/mol. The predicted molar refractivity (Wildman–Crippen MR) is 106 cm³/mol. The smallest absolute Gasteiger partial charge is 0.253 e. The van der Waals surface area contributed by atoms with Crippen LogP contribution in [0.4, 0.5) is 0 Å². The largest absolute Gasteiger partial charge is 0.468 e. The highest BCUT2D eigenvalue weighted by atomic mass is 32.2. The van der Waals surface area contributed by atoms with Crippen LogP contribution in [0.25, 0.3) is 11.1 Å². The lowest BCUT2D eigenvalue weighted by Gasteiger charge is -2.20. The quantitative estimate of drug-likeness (QED) is 0.636. The van der Waals surface area contributed by atoms with E-state index in [0.717, 1.165) is 42.2 Å². The molecule has 26 heavy (non-hydrogen) atoms. The maximum atomic E-state index is 12.9. The number of hydrogen-bond donors (Lipinski definition) is 0. The van der Waals surface area contributed by atoms with Gasteiger partial charge in [-0.25, -0.2) is 0 Å². The Labute approximate surface area is 158 Å². The predicted octanol–water partition coefficient (Wildman–Crippen LogP) is 5.27. The third-order valence-electron chi connectivity index (χ3n) is 4.73. The number of thioether (sulfide) groups is 1. The molecule has 1 aliphatic heterocycles. The number of carbonyl (C=O) groups is 1. The van der Waals surface area contributed by atoms with Gasteiger partial charge in [-0.2, -0.15) is 0 Å². The van der Waals surface area contributed by atoms with Crippen LogP contribution in [0.5, 0.6) is 0 Å². The Balaban J connectivity index is 1.44. The van der Waals surface area contributed by atoms with Crippen molar-refractivity contribution in [1.29, 1.82) is 0 Å². The molecule has 3 aromatic rings. The summed E-state index contributed by atoms with van der Waals surface area (Å²) in [5.74, 6) is 2.06. The molecule has 1 aliphatic rings. The lowest BCUT2D eigenvalue weighted by molar-refractivity contribution is 0.0766. The molecule has 1 aromatic heterocycles. The second-order valence-corrected chi connectivity index (χ2v) is 7.71. The molecule has 0 bridgehead atoms. The van der Waals surface area contributed by atoms with Gasteiger partial charge in [0.1, 0.15) is 5.76 Å². The van der Waals surface area contributed by atoms with Gasteiger partial charge in [0.25, 0.3) is 5.91 Å². The second kappa shape index (κ2) is 7.83. The van der Waals surface area contributed by atoms with Crippen molar-refractivity contribution in [1.82, 2.24) is 4.90 Å². The fourth-order valence-electron chi connectivity index (χ4n) is 3.29. The molecule has 4 heteroatoms. The first-order valence-electron chi connectivity index (χ1n) is 8.91. The van der Waals surface area contributed by atoms with Crippen molar-refractivity contribution < 1.29 is 9.21 Å². The van der Waals surface area contributed by atoms with Gasteiger partial charge in [0.15, 0.2) is 0 Å². The number of carbonyl (C=O) groups excluding carboxylic acids is 1. The van der Waals surface area contributed by atoms with Crippen molar-refractivity contribution in [2.45, 2.75) is 11.7 Å². The van der Waals surface area contributed by atoms with Crippen LogP contribution < -0.4 is 0 Å². The topological polar surface area (TPSA) is 33.5 Å². The van der Waals surface area contributed by atoms with Crippen LogP contribution in [0, 0.1) is 0 Å². The molecule has 1 atom stereocenters. The van der Waals surface area contributed by atoms with Crippen molar-refractivity contribution >= 4 is 17.7 Å². The Bertz CT molecular complexity index is 844. The van der Waals surface area contributed by atoms with E-state index in [1.165, 1.54) is 5.56 Å². The minimum absolute atomic E-state index is 0.116. The summed E-state index contributed by atoms with van der Waals surface area (Å²) in [5.41, 5.74) is 3.05. The first-order valence-corrected chi connectivity index (χ1v) is 9.96. The number of nitrogens with zero attached hydrogens (tertiary/aromatic N) is 1. The molecule has 2 heterocycles. The van der Waals surface area contributed by atoms with E-state index in [1.54, 1.807) is 6.26 Å². The molecule has 3 nitrogen and oxygen atoms in total. The molecule has 1 saturated heterocycles. The van der Waals surface area contributed by atoms with Crippen molar-refractivity contribution in [2.24, 2.45) is 0 Å². The molecule has 4 rings (SSSR count). The van der Waals surface area contributed by atoms with Crippen LogP contribution in [-0.4, -0.2) is 29.6 Å². The lowest BCUT2D eigenvalue weighted by Crippen LogP contribution is -2.32. The van der Waals surface area contributed by atoms with E-state index >= 15 is 0 Å². The molecule has 0 saturated carbocycles. The van der Waals surface area contributed by atoms with Gasteiger partial charge in [0, 0.05) is 24.4 Å². The van der Waals surface area contributed by atoms with Gasteiger partial charge in [0.2, 0.25) is 0 Å². The summed E-state index contributed by atoms with van der Waals surface area (Å²) in [5, 5.41) is 0.336. The zero-order valence-electron chi connectivity index (χ0n) is 14.5. The highest BCUT2D eigenvalue weighted by molar-refractivity contribution is 7.99. The maximum absolute atomic E-state index is 12.9. The molecule has 132 valence electrons. The number of rotatable bonds is 3. The average molecular weight is 363 g/mol. The molecule has 0 aliphatic carbocycles. The van der Waals surface area contributed by atoms with Crippen molar-refractivity contribution in [3.05, 3.63) is 84.3 Å². The van der Waals surface area contributed by atoms with Crippen LogP contribution in [0.3, 0.4) is 0 Å². The van der Waals surface area contributed by atoms with Gasteiger partial charge in [-0.15, -0.1) is 11.8 Å². The zero-order valence-corrected chi connectivity index (χ0v) is 15.3. The van der Waals surface area contributed by atoms with Gasteiger partial charge in [-0.1, -0.05) is 42.5 Å². The minimum atomic E-state index is 0.116. The van der Waals surface area contributed by atoms with E-state index in [9.17, 15) is 4.79 Å². The molecule has 1 fully saturated rings. The highest BCUT2D eigenvalue weighted by Crippen LogP contribution is 2.34. The average Bonchev–Trinajstić information content (AvgIpc) is 3.13. The second-order valence-electron chi connectivity index (χ2n) is 6.40. The summed E-state index contributed by atoms with van der Waals surface area (Å²) in [6, 6.07) is 22.1.